The Morgan fingerprint density at radius 3 is 2.39 bits per heavy atom. The molecule has 0 spiro atoms. The second kappa shape index (κ2) is 8.99. The molecule has 0 bridgehead atoms. The summed E-state index contributed by atoms with van der Waals surface area (Å²) in [6.45, 7) is 4.61. The van der Waals surface area contributed by atoms with Gasteiger partial charge in [-0.2, -0.15) is 0 Å². The number of ether oxygens (including phenoxy) is 1. The van der Waals surface area contributed by atoms with Crippen molar-refractivity contribution >= 4 is 40.9 Å². The fourth-order valence-electron chi connectivity index (χ4n) is 3.87. The van der Waals surface area contributed by atoms with Gasteiger partial charge in [-0.05, 0) is 43.3 Å². The molecule has 0 saturated carbocycles. The third kappa shape index (κ3) is 4.38. The highest BCUT2D eigenvalue weighted by molar-refractivity contribution is 6.29. The van der Waals surface area contributed by atoms with Crippen LogP contribution in [0.15, 0.2) is 36.4 Å². The Kier molecular flexibility index (Phi) is 6.15. The van der Waals surface area contributed by atoms with Gasteiger partial charge in [-0.15, -0.1) is 10.2 Å². The van der Waals surface area contributed by atoms with Gasteiger partial charge in [0.25, 0.3) is 5.91 Å². The highest BCUT2D eigenvalue weighted by Crippen LogP contribution is 2.27. The van der Waals surface area contributed by atoms with E-state index in [9.17, 15) is 14.4 Å². The van der Waals surface area contributed by atoms with E-state index in [0.717, 1.165) is 5.82 Å². The fourth-order valence-corrected chi connectivity index (χ4v) is 3.97. The van der Waals surface area contributed by atoms with Gasteiger partial charge in [-0.3, -0.25) is 14.5 Å². The number of amides is 2. The lowest BCUT2D eigenvalue weighted by molar-refractivity contribution is -0.123. The molecule has 0 N–H and O–H groups in total. The Bertz CT molecular complexity index is 974. The number of imide groups is 1. The van der Waals surface area contributed by atoms with Crippen molar-refractivity contribution in [3.05, 3.63) is 47.1 Å². The maximum atomic E-state index is 13.0. The van der Waals surface area contributed by atoms with Crippen molar-refractivity contribution in [1.29, 1.82) is 0 Å². The van der Waals surface area contributed by atoms with Gasteiger partial charge in [-0.1, -0.05) is 11.6 Å². The Morgan fingerprint density at radius 2 is 1.77 bits per heavy atom. The number of halogens is 1. The standard InChI is InChI=1S/C21H22ClN5O4/c1-2-31-21(30)14-3-5-15(6-4-14)27-19(28)13-16(20(27)29)25-9-11-26(12-10-25)18-8-7-17(22)23-24-18/h3-8,16H,2,9-13H2,1H3/t16-/m0/s1. The molecule has 2 saturated heterocycles. The first-order valence-electron chi connectivity index (χ1n) is 10.1. The lowest BCUT2D eigenvalue weighted by Crippen LogP contribution is -2.52. The van der Waals surface area contributed by atoms with Crippen molar-refractivity contribution < 1.29 is 19.1 Å². The van der Waals surface area contributed by atoms with Crippen LogP contribution in [0.4, 0.5) is 11.5 Å². The molecular formula is C21H22ClN5O4. The van der Waals surface area contributed by atoms with E-state index in [2.05, 4.69) is 15.1 Å². The van der Waals surface area contributed by atoms with E-state index in [4.69, 9.17) is 16.3 Å². The molecule has 9 nitrogen and oxygen atoms in total. The zero-order chi connectivity index (χ0) is 22.0. The van der Waals surface area contributed by atoms with Crippen molar-refractivity contribution in [3.63, 3.8) is 0 Å². The van der Waals surface area contributed by atoms with Crippen LogP contribution in [0.25, 0.3) is 0 Å². The zero-order valence-corrected chi connectivity index (χ0v) is 17.8. The number of anilines is 2. The van der Waals surface area contributed by atoms with Crippen LogP contribution in [-0.2, 0) is 14.3 Å². The molecule has 2 aromatic rings. The summed E-state index contributed by atoms with van der Waals surface area (Å²) >= 11 is 5.79. The topological polar surface area (TPSA) is 95.9 Å². The monoisotopic (exact) mass is 443 g/mol. The van der Waals surface area contributed by atoms with E-state index in [-0.39, 0.29) is 24.8 Å². The quantitative estimate of drug-likeness (QED) is 0.509. The largest absolute Gasteiger partial charge is 0.462 e. The lowest BCUT2D eigenvalue weighted by atomic mass is 10.1. The number of carbonyl (C=O) groups is 3. The number of rotatable bonds is 5. The summed E-state index contributed by atoms with van der Waals surface area (Å²) in [4.78, 5) is 42.8. The number of hydrogen-bond donors (Lipinski definition) is 0. The second-order valence-corrected chi connectivity index (χ2v) is 7.68. The Hall–Kier alpha value is -3.04. The molecule has 1 aromatic carbocycles. The molecule has 10 heteroatoms. The number of benzene rings is 1. The van der Waals surface area contributed by atoms with Crippen LogP contribution < -0.4 is 9.80 Å². The maximum absolute atomic E-state index is 13.0. The van der Waals surface area contributed by atoms with Crippen LogP contribution in [-0.4, -0.2) is 71.7 Å². The zero-order valence-electron chi connectivity index (χ0n) is 17.0. The van der Waals surface area contributed by atoms with Crippen molar-refractivity contribution in [2.75, 3.05) is 42.6 Å². The molecule has 2 aliphatic rings. The minimum absolute atomic E-state index is 0.138. The van der Waals surface area contributed by atoms with Gasteiger partial charge in [0.1, 0.15) is 0 Å². The van der Waals surface area contributed by atoms with Crippen molar-refractivity contribution in [1.82, 2.24) is 15.1 Å². The molecule has 2 aliphatic heterocycles. The average Bonchev–Trinajstić information content (AvgIpc) is 3.08. The fraction of sp³-hybridized carbons (Fsp3) is 0.381. The predicted molar refractivity (Wildman–Crippen MR) is 114 cm³/mol. The van der Waals surface area contributed by atoms with E-state index in [1.165, 1.54) is 4.90 Å². The van der Waals surface area contributed by atoms with E-state index in [1.54, 1.807) is 37.3 Å². The summed E-state index contributed by atoms with van der Waals surface area (Å²) in [6, 6.07) is 9.34. The minimum atomic E-state index is -0.490. The van der Waals surface area contributed by atoms with Gasteiger partial charge in [0.05, 0.1) is 30.3 Å². The van der Waals surface area contributed by atoms with Crippen LogP contribution in [0.5, 0.6) is 0 Å². The second-order valence-electron chi connectivity index (χ2n) is 7.29. The lowest BCUT2D eigenvalue weighted by Gasteiger charge is -2.37. The van der Waals surface area contributed by atoms with Crippen LogP contribution in [0, 0.1) is 0 Å². The number of hydrogen-bond acceptors (Lipinski definition) is 8. The SMILES string of the molecule is CCOC(=O)c1ccc(N2C(=O)C[C@H](N3CCN(c4ccc(Cl)nn4)CC3)C2=O)cc1. The summed E-state index contributed by atoms with van der Waals surface area (Å²) in [6.07, 6.45) is 0.138. The number of piperazine rings is 1. The number of esters is 1. The average molecular weight is 444 g/mol. The third-order valence-corrected chi connectivity index (χ3v) is 5.66. The Labute approximate surface area is 184 Å². The predicted octanol–water partition coefficient (Wildman–Crippen LogP) is 1.76. The van der Waals surface area contributed by atoms with Crippen LogP contribution in [0.2, 0.25) is 5.15 Å². The van der Waals surface area contributed by atoms with E-state index >= 15 is 0 Å². The Morgan fingerprint density at radius 1 is 1.06 bits per heavy atom. The van der Waals surface area contributed by atoms with Crippen molar-refractivity contribution in [2.45, 2.75) is 19.4 Å². The first kappa shape index (κ1) is 21.2. The molecule has 2 fully saturated rings. The first-order chi connectivity index (χ1) is 15.0. The molecule has 2 amide bonds. The van der Waals surface area contributed by atoms with Gasteiger partial charge in [-0.25, -0.2) is 9.69 Å². The van der Waals surface area contributed by atoms with Crippen LogP contribution >= 0.6 is 11.6 Å². The van der Waals surface area contributed by atoms with E-state index < -0.39 is 12.0 Å². The Balaban J connectivity index is 1.40. The molecule has 0 radical (unpaired) electrons. The minimum Gasteiger partial charge on any atom is -0.462 e. The number of nitrogens with zero attached hydrogens (tertiary/aromatic N) is 5. The normalized spacial score (nSPS) is 19.7. The molecule has 3 heterocycles. The van der Waals surface area contributed by atoms with Gasteiger partial charge in [0.2, 0.25) is 5.91 Å². The number of carbonyl (C=O) groups excluding carboxylic acids is 3. The molecular weight excluding hydrogens is 422 g/mol. The van der Waals surface area contributed by atoms with Gasteiger partial charge < -0.3 is 9.64 Å². The summed E-state index contributed by atoms with van der Waals surface area (Å²) < 4.78 is 4.97. The van der Waals surface area contributed by atoms with Gasteiger partial charge >= 0.3 is 5.97 Å². The molecule has 31 heavy (non-hydrogen) atoms. The maximum Gasteiger partial charge on any atom is 0.338 e. The van der Waals surface area contributed by atoms with Gasteiger partial charge in [0, 0.05) is 26.2 Å². The van der Waals surface area contributed by atoms with E-state index in [0.29, 0.717) is 42.6 Å². The molecule has 4 rings (SSSR count). The summed E-state index contributed by atoms with van der Waals surface area (Å²) in [5.74, 6) is -0.186. The molecule has 162 valence electrons. The summed E-state index contributed by atoms with van der Waals surface area (Å²) in [5.41, 5.74) is 0.836. The summed E-state index contributed by atoms with van der Waals surface area (Å²) in [5, 5.41) is 8.31. The van der Waals surface area contributed by atoms with Gasteiger partial charge in [0.15, 0.2) is 11.0 Å². The van der Waals surface area contributed by atoms with Crippen LogP contribution in [0.3, 0.4) is 0 Å². The van der Waals surface area contributed by atoms with Crippen molar-refractivity contribution in [3.8, 4) is 0 Å². The van der Waals surface area contributed by atoms with Crippen molar-refractivity contribution in [2.24, 2.45) is 0 Å². The van der Waals surface area contributed by atoms with Crippen LogP contribution in [0.1, 0.15) is 23.7 Å². The molecule has 1 atom stereocenters. The number of aromatic nitrogens is 2. The summed E-state index contributed by atoms with van der Waals surface area (Å²) in [7, 11) is 0. The van der Waals surface area contributed by atoms with E-state index in [1.807, 2.05) is 11.0 Å². The molecule has 0 aliphatic carbocycles. The highest BCUT2D eigenvalue weighted by Gasteiger charge is 2.43. The first-order valence-corrected chi connectivity index (χ1v) is 10.5. The highest BCUT2D eigenvalue weighted by atomic mass is 35.5. The molecule has 0 unspecified atom stereocenters. The molecule has 1 aromatic heterocycles. The smallest absolute Gasteiger partial charge is 0.338 e. The third-order valence-electron chi connectivity index (χ3n) is 5.46.